The zero-order valence-corrected chi connectivity index (χ0v) is 10.1. The third kappa shape index (κ3) is 1.99. The highest BCUT2D eigenvalue weighted by molar-refractivity contribution is 6.30. The van der Waals surface area contributed by atoms with Crippen LogP contribution in [0.1, 0.15) is 38.2 Å². The SMILES string of the molecule is CC1(C)CC(c2ccc(F)c(Cl)c2)CC1=O. The predicted octanol–water partition coefficient (Wildman–Crippen LogP) is 3.95. The van der Waals surface area contributed by atoms with Gasteiger partial charge in [-0.05, 0) is 30.0 Å². The quantitative estimate of drug-likeness (QED) is 0.726. The minimum absolute atomic E-state index is 0.134. The highest BCUT2D eigenvalue weighted by atomic mass is 35.5. The van der Waals surface area contributed by atoms with Gasteiger partial charge in [0.05, 0.1) is 5.02 Å². The van der Waals surface area contributed by atoms with Crippen molar-refractivity contribution in [3.63, 3.8) is 0 Å². The number of carbonyl (C=O) groups is 1. The van der Waals surface area contributed by atoms with E-state index in [1.165, 1.54) is 6.07 Å². The lowest BCUT2D eigenvalue weighted by Gasteiger charge is -2.15. The fourth-order valence-corrected chi connectivity index (χ4v) is 2.49. The van der Waals surface area contributed by atoms with Crippen LogP contribution < -0.4 is 0 Å². The first-order valence-electron chi connectivity index (χ1n) is 5.38. The van der Waals surface area contributed by atoms with Crippen molar-refractivity contribution in [3.8, 4) is 0 Å². The van der Waals surface area contributed by atoms with Crippen LogP contribution in [0.3, 0.4) is 0 Å². The summed E-state index contributed by atoms with van der Waals surface area (Å²) in [5.74, 6) is 0.0487. The van der Waals surface area contributed by atoms with Crippen LogP contribution in [0.15, 0.2) is 18.2 Å². The molecule has 1 saturated carbocycles. The molecule has 1 atom stereocenters. The summed E-state index contributed by atoms with van der Waals surface area (Å²) in [5, 5.41) is 0.134. The van der Waals surface area contributed by atoms with E-state index in [0.717, 1.165) is 12.0 Å². The summed E-state index contributed by atoms with van der Waals surface area (Å²) in [6.45, 7) is 3.92. The maximum atomic E-state index is 13.0. The first-order valence-corrected chi connectivity index (χ1v) is 5.76. The Morgan fingerprint density at radius 1 is 1.44 bits per heavy atom. The normalized spacial score (nSPS) is 23.8. The average molecular weight is 241 g/mol. The molecule has 0 radical (unpaired) electrons. The smallest absolute Gasteiger partial charge is 0.141 e. The van der Waals surface area contributed by atoms with E-state index in [0.29, 0.717) is 6.42 Å². The maximum Gasteiger partial charge on any atom is 0.141 e. The van der Waals surface area contributed by atoms with E-state index in [1.807, 2.05) is 13.8 Å². The standard InChI is InChI=1S/C13H14ClFO/c1-13(2)7-9(6-12(13)16)8-3-4-11(15)10(14)5-8/h3-5,9H,6-7H2,1-2H3. The number of halogens is 2. The average Bonchev–Trinajstić information content (AvgIpc) is 2.46. The van der Waals surface area contributed by atoms with Crippen molar-refractivity contribution in [2.75, 3.05) is 0 Å². The van der Waals surface area contributed by atoms with E-state index < -0.39 is 5.82 Å². The molecule has 0 bridgehead atoms. The van der Waals surface area contributed by atoms with Crippen molar-refractivity contribution >= 4 is 17.4 Å². The van der Waals surface area contributed by atoms with Crippen LogP contribution in [0.25, 0.3) is 0 Å². The molecule has 0 N–H and O–H groups in total. The Labute approximate surface area is 99.6 Å². The lowest BCUT2D eigenvalue weighted by molar-refractivity contribution is -0.124. The summed E-state index contributed by atoms with van der Waals surface area (Å²) < 4.78 is 13.0. The fourth-order valence-electron chi connectivity index (χ4n) is 2.30. The van der Waals surface area contributed by atoms with E-state index in [9.17, 15) is 9.18 Å². The number of rotatable bonds is 1. The molecule has 0 amide bonds. The lowest BCUT2D eigenvalue weighted by Crippen LogP contribution is -2.15. The molecule has 0 saturated heterocycles. The third-order valence-electron chi connectivity index (χ3n) is 3.36. The molecular weight excluding hydrogens is 227 g/mol. The molecule has 1 unspecified atom stereocenters. The first-order chi connectivity index (χ1) is 7.40. The van der Waals surface area contributed by atoms with Gasteiger partial charge in [-0.2, -0.15) is 0 Å². The van der Waals surface area contributed by atoms with Gasteiger partial charge < -0.3 is 0 Å². The molecule has 3 heteroatoms. The molecule has 0 aliphatic heterocycles. The molecular formula is C13H14ClFO. The third-order valence-corrected chi connectivity index (χ3v) is 3.65. The van der Waals surface area contributed by atoms with Gasteiger partial charge >= 0.3 is 0 Å². The summed E-state index contributed by atoms with van der Waals surface area (Å²) in [6, 6.07) is 4.73. The minimum atomic E-state index is -0.408. The number of hydrogen-bond donors (Lipinski definition) is 0. The molecule has 1 aromatic rings. The monoisotopic (exact) mass is 240 g/mol. The Bertz CT molecular complexity index is 440. The maximum absolute atomic E-state index is 13.0. The molecule has 0 spiro atoms. The highest BCUT2D eigenvalue weighted by Crippen LogP contribution is 2.43. The second-order valence-electron chi connectivity index (χ2n) is 5.09. The van der Waals surface area contributed by atoms with Gasteiger partial charge in [-0.25, -0.2) is 4.39 Å². The van der Waals surface area contributed by atoms with Gasteiger partial charge in [-0.3, -0.25) is 4.79 Å². The predicted molar refractivity (Wildman–Crippen MR) is 62.2 cm³/mol. The van der Waals surface area contributed by atoms with E-state index in [2.05, 4.69) is 0 Å². The zero-order chi connectivity index (χ0) is 11.9. The Morgan fingerprint density at radius 3 is 2.62 bits per heavy atom. The molecule has 16 heavy (non-hydrogen) atoms. The Hall–Kier alpha value is -0.890. The topological polar surface area (TPSA) is 17.1 Å². The van der Waals surface area contributed by atoms with Crippen molar-refractivity contribution in [2.45, 2.75) is 32.6 Å². The van der Waals surface area contributed by atoms with Gasteiger partial charge in [0.25, 0.3) is 0 Å². The van der Waals surface area contributed by atoms with Crippen molar-refractivity contribution in [1.82, 2.24) is 0 Å². The van der Waals surface area contributed by atoms with Gasteiger partial charge in [-0.15, -0.1) is 0 Å². The summed E-state index contributed by atoms with van der Waals surface area (Å²) in [5.41, 5.74) is 0.705. The number of benzene rings is 1. The summed E-state index contributed by atoms with van der Waals surface area (Å²) in [6.07, 6.45) is 1.35. The molecule has 1 aliphatic carbocycles. The van der Waals surface area contributed by atoms with Gasteiger partial charge in [0, 0.05) is 11.8 Å². The van der Waals surface area contributed by atoms with Crippen molar-refractivity contribution in [2.24, 2.45) is 5.41 Å². The van der Waals surface area contributed by atoms with Gasteiger partial charge in [-0.1, -0.05) is 31.5 Å². The molecule has 1 fully saturated rings. The first kappa shape index (κ1) is 11.6. The second kappa shape index (κ2) is 3.85. The van der Waals surface area contributed by atoms with Crippen LogP contribution in [-0.2, 0) is 4.79 Å². The largest absolute Gasteiger partial charge is 0.299 e. The molecule has 86 valence electrons. The van der Waals surface area contributed by atoms with Crippen molar-refractivity contribution in [1.29, 1.82) is 0 Å². The molecule has 0 aromatic heterocycles. The number of carbonyl (C=O) groups excluding carboxylic acids is 1. The summed E-state index contributed by atoms with van der Waals surface area (Å²) in [7, 11) is 0. The molecule has 1 aromatic carbocycles. The van der Waals surface area contributed by atoms with Crippen LogP contribution in [0.5, 0.6) is 0 Å². The number of Topliss-reactive ketones (excluding diaryl/α,β-unsaturated/α-hetero) is 1. The molecule has 1 nitrogen and oxygen atoms in total. The highest BCUT2D eigenvalue weighted by Gasteiger charge is 2.39. The lowest BCUT2D eigenvalue weighted by atomic mass is 9.88. The van der Waals surface area contributed by atoms with Crippen LogP contribution in [0, 0.1) is 11.2 Å². The summed E-state index contributed by atoms with van der Waals surface area (Å²) in [4.78, 5) is 11.7. The Kier molecular flexibility index (Phi) is 2.79. The van der Waals surface area contributed by atoms with Crippen LogP contribution in [0.2, 0.25) is 5.02 Å². The van der Waals surface area contributed by atoms with Crippen LogP contribution in [-0.4, -0.2) is 5.78 Å². The fraction of sp³-hybridized carbons (Fsp3) is 0.462. The second-order valence-corrected chi connectivity index (χ2v) is 5.49. The van der Waals surface area contributed by atoms with Gasteiger partial charge in [0.2, 0.25) is 0 Å². The molecule has 2 rings (SSSR count). The van der Waals surface area contributed by atoms with E-state index in [1.54, 1.807) is 12.1 Å². The van der Waals surface area contributed by atoms with E-state index in [4.69, 9.17) is 11.6 Å². The van der Waals surface area contributed by atoms with Gasteiger partial charge in [0.15, 0.2) is 0 Å². The van der Waals surface area contributed by atoms with Crippen LogP contribution >= 0.6 is 11.6 Å². The number of hydrogen-bond acceptors (Lipinski definition) is 1. The van der Waals surface area contributed by atoms with Crippen molar-refractivity contribution < 1.29 is 9.18 Å². The zero-order valence-electron chi connectivity index (χ0n) is 9.39. The van der Waals surface area contributed by atoms with E-state index in [-0.39, 0.29) is 22.1 Å². The van der Waals surface area contributed by atoms with Crippen LogP contribution in [0.4, 0.5) is 4.39 Å². The Balaban J connectivity index is 2.27. The summed E-state index contributed by atoms with van der Waals surface area (Å²) >= 11 is 5.74. The van der Waals surface area contributed by atoms with Gasteiger partial charge in [0.1, 0.15) is 11.6 Å². The Morgan fingerprint density at radius 2 is 2.12 bits per heavy atom. The number of ketones is 1. The molecule has 0 heterocycles. The van der Waals surface area contributed by atoms with Crippen molar-refractivity contribution in [3.05, 3.63) is 34.6 Å². The minimum Gasteiger partial charge on any atom is -0.299 e. The van der Waals surface area contributed by atoms with E-state index >= 15 is 0 Å². The molecule has 1 aliphatic rings.